The summed E-state index contributed by atoms with van der Waals surface area (Å²) in [5.74, 6) is 1.06. The molecule has 1 aromatic heterocycles. The summed E-state index contributed by atoms with van der Waals surface area (Å²) in [7, 11) is 0. The molecule has 0 bridgehead atoms. The van der Waals surface area contributed by atoms with E-state index in [4.69, 9.17) is 4.74 Å². The lowest BCUT2D eigenvalue weighted by Crippen LogP contribution is -2.31. The Morgan fingerprint density at radius 2 is 1.53 bits per heavy atom. The van der Waals surface area contributed by atoms with Gasteiger partial charge in [0, 0.05) is 36.6 Å². The van der Waals surface area contributed by atoms with Crippen LogP contribution in [0.15, 0.2) is 91.5 Å². The van der Waals surface area contributed by atoms with Crippen LogP contribution in [0.2, 0.25) is 0 Å². The van der Waals surface area contributed by atoms with Gasteiger partial charge in [0.05, 0.1) is 12.2 Å². The number of rotatable bonds is 5. The summed E-state index contributed by atoms with van der Waals surface area (Å²) in [6.07, 6.45) is 5.52. The van der Waals surface area contributed by atoms with Gasteiger partial charge in [0.1, 0.15) is 11.5 Å². The minimum atomic E-state index is -0.383. The number of amides is 1. The van der Waals surface area contributed by atoms with Crippen LogP contribution in [-0.2, 0) is 17.9 Å². The molecule has 3 aromatic carbocycles. The van der Waals surface area contributed by atoms with Gasteiger partial charge >= 0.3 is 0 Å². The summed E-state index contributed by atoms with van der Waals surface area (Å²) in [5.41, 5.74) is 4.04. The quantitative estimate of drug-likeness (QED) is 0.542. The Bertz CT molecular complexity index is 1120. The van der Waals surface area contributed by atoms with Gasteiger partial charge in [-0.05, 0) is 23.3 Å². The van der Waals surface area contributed by atoms with Crippen molar-refractivity contribution >= 4 is 5.91 Å². The van der Waals surface area contributed by atoms with Crippen molar-refractivity contribution in [3.05, 3.63) is 114 Å². The fourth-order valence-corrected chi connectivity index (χ4v) is 3.84. The minimum Gasteiger partial charge on any atom is -0.457 e. The van der Waals surface area contributed by atoms with Crippen LogP contribution in [0.4, 0.5) is 0 Å². The number of fused-ring (bicyclic) bond motifs is 2. The van der Waals surface area contributed by atoms with Crippen LogP contribution in [0.25, 0.3) is 0 Å². The third-order valence-corrected chi connectivity index (χ3v) is 5.36. The van der Waals surface area contributed by atoms with E-state index in [0.29, 0.717) is 6.54 Å². The zero-order valence-corrected chi connectivity index (χ0v) is 16.4. The normalized spacial score (nSPS) is 12.5. The average molecular weight is 395 g/mol. The third kappa shape index (κ3) is 3.57. The first-order valence-electron chi connectivity index (χ1n) is 9.95. The van der Waals surface area contributed by atoms with Crippen LogP contribution in [0.5, 0.6) is 11.5 Å². The highest BCUT2D eigenvalue weighted by Crippen LogP contribution is 2.43. The highest BCUT2D eigenvalue weighted by molar-refractivity contribution is 5.89. The molecular weight excluding hydrogens is 374 g/mol. The Balaban J connectivity index is 1.31. The number of hydrogen-bond acceptors (Lipinski definition) is 3. The van der Waals surface area contributed by atoms with Crippen LogP contribution in [0.3, 0.4) is 0 Å². The van der Waals surface area contributed by atoms with Gasteiger partial charge in [-0.1, -0.05) is 60.7 Å². The molecule has 1 aliphatic heterocycles. The van der Waals surface area contributed by atoms with E-state index >= 15 is 0 Å². The first-order valence-corrected chi connectivity index (χ1v) is 9.95. The first kappa shape index (κ1) is 18.2. The Kier molecular flexibility index (Phi) is 4.77. The number of hydrogen-bond donors (Lipinski definition) is 1. The molecule has 0 spiro atoms. The fraction of sp³-hybridized carbons (Fsp3) is 0.120. The molecular formula is C25H21N3O2. The van der Waals surface area contributed by atoms with Crippen LogP contribution >= 0.6 is 0 Å². The zero-order valence-electron chi connectivity index (χ0n) is 16.4. The summed E-state index contributed by atoms with van der Waals surface area (Å²) in [6, 6.07) is 23.7. The zero-order chi connectivity index (χ0) is 20.3. The Hall–Kier alpha value is -3.86. The monoisotopic (exact) mass is 395 g/mol. The molecule has 5 heteroatoms. The summed E-state index contributed by atoms with van der Waals surface area (Å²) < 4.78 is 8.01. The molecule has 30 heavy (non-hydrogen) atoms. The highest BCUT2D eigenvalue weighted by atomic mass is 16.5. The van der Waals surface area contributed by atoms with Crippen molar-refractivity contribution in [3.8, 4) is 11.5 Å². The van der Waals surface area contributed by atoms with E-state index in [1.54, 1.807) is 12.5 Å². The molecule has 0 atom stereocenters. The Labute approximate surface area is 175 Å². The van der Waals surface area contributed by atoms with Gasteiger partial charge in [-0.15, -0.1) is 0 Å². The average Bonchev–Trinajstić information content (AvgIpc) is 3.30. The van der Waals surface area contributed by atoms with Crippen LogP contribution < -0.4 is 10.1 Å². The van der Waals surface area contributed by atoms with Crippen LogP contribution in [0, 0.1) is 0 Å². The Morgan fingerprint density at radius 3 is 2.17 bits per heavy atom. The molecule has 4 aromatic rings. The van der Waals surface area contributed by atoms with E-state index in [1.165, 1.54) is 5.56 Å². The van der Waals surface area contributed by atoms with Crippen molar-refractivity contribution in [1.82, 2.24) is 14.9 Å². The lowest BCUT2D eigenvalue weighted by atomic mass is 9.87. The van der Waals surface area contributed by atoms with Gasteiger partial charge < -0.3 is 14.6 Å². The van der Waals surface area contributed by atoms with Crippen molar-refractivity contribution in [2.45, 2.75) is 19.0 Å². The maximum absolute atomic E-state index is 13.2. The van der Waals surface area contributed by atoms with Crippen LogP contribution in [-0.4, -0.2) is 15.5 Å². The van der Waals surface area contributed by atoms with Gasteiger partial charge in [-0.3, -0.25) is 4.79 Å². The second-order valence-corrected chi connectivity index (χ2v) is 7.38. The molecule has 0 radical (unpaired) electrons. The number of nitrogens with one attached hydrogen (secondary N) is 1. The number of ether oxygens (including phenoxy) is 1. The SMILES string of the molecule is O=C(NCc1ccc(Cn2ccnc2)cc1)C1c2ccccc2Oc2ccccc21. The number of para-hydroxylation sites is 2. The highest BCUT2D eigenvalue weighted by Gasteiger charge is 2.32. The molecule has 1 amide bonds. The number of imidazole rings is 1. The lowest BCUT2D eigenvalue weighted by Gasteiger charge is -2.27. The number of aromatic nitrogens is 2. The molecule has 1 N–H and O–H groups in total. The molecule has 0 saturated carbocycles. The second kappa shape index (κ2) is 7.87. The smallest absolute Gasteiger partial charge is 0.232 e. The summed E-state index contributed by atoms with van der Waals surface area (Å²) in [4.78, 5) is 17.3. The van der Waals surface area contributed by atoms with E-state index < -0.39 is 0 Å². The summed E-state index contributed by atoms with van der Waals surface area (Å²) in [6.45, 7) is 1.26. The fourth-order valence-electron chi connectivity index (χ4n) is 3.84. The molecule has 0 saturated heterocycles. The predicted octanol–water partition coefficient (Wildman–Crippen LogP) is 4.49. The van der Waals surface area contributed by atoms with Crippen molar-refractivity contribution in [2.24, 2.45) is 0 Å². The van der Waals surface area contributed by atoms with E-state index in [-0.39, 0.29) is 11.8 Å². The molecule has 148 valence electrons. The molecule has 5 nitrogen and oxygen atoms in total. The van der Waals surface area contributed by atoms with Crippen molar-refractivity contribution < 1.29 is 9.53 Å². The topological polar surface area (TPSA) is 56.2 Å². The largest absolute Gasteiger partial charge is 0.457 e. The van der Waals surface area contributed by atoms with E-state index in [2.05, 4.69) is 34.6 Å². The summed E-state index contributed by atoms with van der Waals surface area (Å²) in [5, 5.41) is 3.11. The Morgan fingerprint density at radius 1 is 0.900 bits per heavy atom. The lowest BCUT2D eigenvalue weighted by molar-refractivity contribution is -0.122. The van der Waals surface area contributed by atoms with Gasteiger partial charge in [0.15, 0.2) is 0 Å². The van der Waals surface area contributed by atoms with Gasteiger partial charge in [-0.25, -0.2) is 4.98 Å². The molecule has 1 aliphatic rings. The number of nitrogens with zero attached hydrogens (tertiary/aromatic N) is 2. The van der Waals surface area contributed by atoms with Crippen molar-refractivity contribution in [1.29, 1.82) is 0 Å². The van der Waals surface area contributed by atoms with Crippen LogP contribution in [0.1, 0.15) is 28.2 Å². The standard InChI is InChI=1S/C25H21N3O2/c29-25(27-15-18-9-11-19(12-10-18)16-28-14-13-26-17-28)24-20-5-1-3-7-22(20)30-23-8-4-2-6-21(23)24/h1-14,17,24H,15-16H2,(H,27,29). The number of carbonyl (C=O) groups is 1. The van der Waals surface area contributed by atoms with Crippen molar-refractivity contribution in [3.63, 3.8) is 0 Å². The third-order valence-electron chi connectivity index (χ3n) is 5.36. The molecule has 5 rings (SSSR count). The number of benzene rings is 3. The molecule has 0 aliphatic carbocycles. The maximum Gasteiger partial charge on any atom is 0.232 e. The van der Waals surface area contributed by atoms with Gasteiger partial charge in [0.25, 0.3) is 0 Å². The molecule has 2 heterocycles. The molecule has 0 fully saturated rings. The first-order chi connectivity index (χ1) is 14.8. The van der Waals surface area contributed by atoms with Crippen molar-refractivity contribution in [2.75, 3.05) is 0 Å². The summed E-state index contributed by atoms with van der Waals surface area (Å²) >= 11 is 0. The number of carbonyl (C=O) groups excluding carboxylic acids is 1. The minimum absolute atomic E-state index is 0.0271. The maximum atomic E-state index is 13.2. The predicted molar refractivity (Wildman–Crippen MR) is 114 cm³/mol. The molecule has 0 unspecified atom stereocenters. The van der Waals surface area contributed by atoms with Gasteiger partial charge in [0.2, 0.25) is 5.91 Å². The van der Waals surface area contributed by atoms with E-state index in [1.807, 2.05) is 59.3 Å². The van der Waals surface area contributed by atoms with E-state index in [9.17, 15) is 4.79 Å². The van der Waals surface area contributed by atoms with Gasteiger partial charge in [-0.2, -0.15) is 0 Å². The van der Waals surface area contributed by atoms with E-state index in [0.717, 1.165) is 34.7 Å². The second-order valence-electron chi connectivity index (χ2n) is 7.38.